The summed E-state index contributed by atoms with van der Waals surface area (Å²) in [5.41, 5.74) is 6.95. The number of primary amides is 1. The summed E-state index contributed by atoms with van der Waals surface area (Å²) in [6.07, 6.45) is 0.396. The smallest absolute Gasteiger partial charge is 0.238 e. The van der Waals surface area contributed by atoms with Gasteiger partial charge in [0.25, 0.3) is 0 Å². The van der Waals surface area contributed by atoms with Crippen LogP contribution in [0.1, 0.15) is 11.1 Å². The number of para-hydroxylation sites is 1. The van der Waals surface area contributed by atoms with Gasteiger partial charge in [-0.15, -0.1) is 0 Å². The fourth-order valence-corrected chi connectivity index (χ4v) is 3.00. The monoisotopic (exact) mass is 345 g/mol. The zero-order valence-corrected chi connectivity index (χ0v) is 13.3. The van der Waals surface area contributed by atoms with Crippen molar-refractivity contribution >= 4 is 17.5 Å². The minimum Gasteiger partial charge on any atom is -0.368 e. The van der Waals surface area contributed by atoms with Crippen molar-refractivity contribution in [1.82, 2.24) is 4.90 Å². The molecule has 0 aliphatic carbocycles. The van der Waals surface area contributed by atoms with Gasteiger partial charge in [0.05, 0.1) is 12.6 Å². The highest BCUT2D eigenvalue weighted by Crippen LogP contribution is 2.23. The molecule has 130 valence electrons. The molecule has 0 saturated heterocycles. The quantitative estimate of drug-likeness (QED) is 0.887. The van der Waals surface area contributed by atoms with Crippen LogP contribution >= 0.6 is 0 Å². The lowest BCUT2D eigenvalue weighted by Gasteiger charge is -2.34. The third kappa shape index (κ3) is 3.66. The van der Waals surface area contributed by atoms with E-state index >= 15 is 0 Å². The number of nitrogens with two attached hydrogens (primary N) is 1. The van der Waals surface area contributed by atoms with E-state index in [0.717, 1.165) is 23.3 Å². The summed E-state index contributed by atoms with van der Waals surface area (Å²) in [7, 11) is 0. The van der Waals surface area contributed by atoms with E-state index in [0.29, 0.717) is 13.0 Å². The maximum atomic E-state index is 13.6. The maximum absolute atomic E-state index is 13.6. The summed E-state index contributed by atoms with van der Waals surface area (Å²) in [6.45, 7) is 0.159. The van der Waals surface area contributed by atoms with E-state index < -0.39 is 35.2 Å². The number of nitrogens with zero attached hydrogens (tertiary/aromatic N) is 1. The van der Waals surface area contributed by atoms with Crippen molar-refractivity contribution < 1.29 is 18.4 Å². The van der Waals surface area contributed by atoms with Crippen molar-refractivity contribution in [1.29, 1.82) is 0 Å². The lowest BCUT2D eigenvalue weighted by atomic mass is 9.93. The first kappa shape index (κ1) is 17.0. The molecule has 25 heavy (non-hydrogen) atoms. The van der Waals surface area contributed by atoms with E-state index in [9.17, 15) is 18.4 Å². The van der Waals surface area contributed by atoms with Crippen molar-refractivity contribution in [2.24, 2.45) is 5.73 Å². The van der Waals surface area contributed by atoms with Crippen LogP contribution in [0, 0.1) is 11.6 Å². The molecule has 5 nitrogen and oxygen atoms in total. The molecule has 1 aliphatic heterocycles. The number of amides is 2. The van der Waals surface area contributed by atoms with Gasteiger partial charge in [-0.25, -0.2) is 8.78 Å². The normalized spacial score (nSPS) is 17.0. The van der Waals surface area contributed by atoms with Crippen LogP contribution < -0.4 is 11.1 Å². The van der Waals surface area contributed by atoms with E-state index in [-0.39, 0.29) is 6.54 Å². The van der Waals surface area contributed by atoms with Gasteiger partial charge in [0.2, 0.25) is 11.8 Å². The van der Waals surface area contributed by atoms with E-state index in [2.05, 4.69) is 5.32 Å². The summed E-state index contributed by atoms with van der Waals surface area (Å²) in [4.78, 5) is 25.6. The molecule has 3 rings (SSSR count). The molecule has 0 saturated carbocycles. The molecule has 0 bridgehead atoms. The van der Waals surface area contributed by atoms with Crippen LogP contribution in [0.2, 0.25) is 0 Å². The van der Waals surface area contributed by atoms with Crippen LogP contribution in [0.15, 0.2) is 42.5 Å². The number of hydrogen-bond donors (Lipinski definition) is 2. The van der Waals surface area contributed by atoms with Crippen molar-refractivity contribution in [2.75, 3.05) is 11.9 Å². The van der Waals surface area contributed by atoms with Gasteiger partial charge in [-0.3, -0.25) is 14.5 Å². The molecule has 3 N–H and O–H groups in total. The van der Waals surface area contributed by atoms with E-state index in [1.807, 2.05) is 24.3 Å². The number of fused-ring (bicyclic) bond motifs is 1. The molecule has 0 unspecified atom stereocenters. The Kier molecular flexibility index (Phi) is 4.76. The Labute approximate surface area is 143 Å². The van der Waals surface area contributed by atoms with E-state index in [4.69, 9.17) is 5.73 Å². The van der Waals surface area contributed by atoms with Crippen LogP contribution in [0.4, 0.5) is 14.5 Å². The number of benzene rings is 2. The number of halogens is 2. The molecule has 0 spiro atoms. The molecule has 0 radical (unpaired) electrons. The molecule has 2 aromatic carbocycles. The fraction of sp³-hybridized carbons (Fsp3) is 0.222. The van der Waals surface area contributed by atoms with E-state index in [1.165, 1.54) is 6.07 Å². The van der Waals surface area contributed by atoms with Crippen molar-refractivity contribution in [2.45, 2.75) is 19.0 Å². The second-order valence-electron chi connectivity index (χ2n) is 5.94. The molecule has 1 aliphatic rings. The number of hydrogen-bond acceptors (Lipinski definition) is 3. The third-order valence-corrected chi connectivity index (χ3v) is 4.25. The lowest BCUT2D eigenvalue weighted by molar-refractivity contribution is -0.125. The molecular weight excluding hydrogens is 328 g/mol. The maximum Gasteiger partial charge on any atom is 0.238 e. The molecule has 1 atom stereocenters. The number of anilines is 1. The molecule has 7 heteroatoms. The molecule has 1 heterocycles. The number of carbonyl (C=O) groups is 2. The number of nitrogens with one attached hydrogen (secondary N) is 1. The Morgan fingerprint density at radius 3 is 2.36 bits per heavy atom. The van der Waals surface area contributed by atoms with Gasteiger partial charge < -0.3 is 11.1 Å². The predicted molar refractivity (Wildman–Crippen MR) is 88.5 cm³/mol. The predicted octanol–water partition coefficient (Wildman–Crippen LogP) is 1.82. The van der Waals surface area contributed by atoms with Gasteiger partial charge in [-0.1, -0.05) is 30.3 Å². The first-order chi connectivity index (χ1) is 12.0. The average molecular weight is 345 g/mol. The Morgan fingerprint density at radius 2 is 1.72 bits per heavy atom. The Bertz CT molecular complexity index is 805. The highest BCUT2D eigenvalue weighted by atomic mass is 19.1. The largest absolute Gasteiger partial charge is 0.368 e. The van der Waals surface area contributed by atoms with Gasteiger partial charge >= 0.3 is 0 Å². The molecular formula is C18H17F2N3O2. The molecule has 2 amide bonds. The Hall–Kier alpha value is -2.80. The van der Waals surface area contributed by atoms with Gasteiger partial charge in [0, 0.05) is 6.54 Å². The average Bonchev–Trinajstić information content (AvgIpc) is 2.57. The Morgan fingerprint density at radius 1 is 1.08 bits per heavy atom. The zero-order chi connectivity index (χ0) is 18.0. The van der Waals surface area contributed by atoms with Gasteiger partial charge in [-0.05, 0) is 29.7 Å². The van der Waals surface area contributed by atoms with Crippen LogP contribution in [0.3, 0.4) is 0 Å². The summed E-state index contributed by atoms with van der Waals surface area (Å²) in [6, 6.07) is 10.3. The van der Waals surface area contributed by atoms with Crippen molar-refractivity contribution in [3.05, 3.63) is 65.2 Å². The SMILES string of the molecule is NC(=O)[C@@H]1Cc2ccccc2CN1CC(=O)Nc1c(F)cccc1F. The lowest BCUT2D eigenvalue weighted by Crippen LogP contribution is -2.51. The van der Waals surface area contributed by atoms with Crippen LogP contribution in [0.5, 0.6) is 0 Å². The minimum atomic E-state index is -0.858. The summed E-state index contributed by atoms with van der Waals surface area (Å²) < 4.78 is 27.3. The molecule has 2 aromatic rings. The van der Waals surface area contributed by atoms with Crippen LogP contribution in [0.25, 0.3) is 0 Å². The first-order valence-electron chi connectivity index (χ1n) is 7.79. The highest BCUT2D eigenvalue weighted by Gasteiger charge is 2.31. The topological polar surface area (TPSA) is 75.4 Å². The number of rotatable bonds is 4. The second kappa shape index (κ2) is 6.98. The number of carbonyl (C=O) groups excluding carboxylic acids is 2. The summed E-state index contributed by atoms with van der Waals surface area (Å²) in [5, 5.41) is 2.23. The molecule has 0 aromatic heterocycles. The minimum absolute atomic E-state index is 0.199. The van der Waals surface area contributed by atoms with E-state index in [1.54, 1.807) is 4.90 Å². The van der Waals surface area contributed by atoms with Gasteiger partial charge in [-0.2, -0.15) is 0 Å². The zero-order valence-electron chi connectivity index (χ0n) is 13.3. The van der Waals surface area contributed by atoms with Crippen molar-refractivity contribution in [3.8, 4) is 0 Å². The molecule has 0 fully saturated rings. The standard InChI is InChI=1S/C18H17F2N3O2/c19-13-6-3-7-14(20)17(13)22-16(24)10-23-9-12-5-2-1-4-11(12)8-15(23)18(21)25/h1-7,15H,8-10H2,(H2,21,25)(H,22,24)/t15-/m0/s1. The summed E-state index contributed by atoms with van der Waals surface area (Å²) >= 11 is 0. The van der Waals surface area contributed by atoms with Crippen LogP contribution in [-0.4, -0.2) is 29.3 Å². The van der Waals surface area contributed by atoms with Crippen molar-refractivity contribution in [3.63, 3.8) is 0 Å². The third-order valence-electron chi connectivity index (χ3n) is 4.25. The Balaban J connectivity index is 1.76. The first-order valence-corrected chi connectivity index (χ1v) is 7.79. The second-order valence-corrected chi connectivity index (χ2v) is 5.94. The summed E-state index contributed by atoms with van der Waals surface area (Å²) in [5.74, 6) is -2.87. The van der Waals surface area contributed by atoms with Gasteiger partial charge in [0.1, 0.15) is 17.3 Å². The fourth-order valence-electron chi connectivity index (χ4n) is 3.00. The van der Waals surface area contributed by atoms with Crippen LogP contribution in [-0.2, 0) is 22.6 Å². The van der Waals surface area contributed by atoms with Gasteiger partial charge in [0.15, 0.2) is 0 Å². The highest BCUT2D eigenvalue weighted by molar-refractivity contribution is 5.93.